The third kappa shape index (κ3) is 4.43. The lowest BCUT2D eigenvalue weighted by Gasteiger charge is -2.23. The summed E-state index contributed by atoms with van der Waals surface area (Å²) in [4.78, 5) is 26.7. The molecule has 1 heterocycles. The van der Waals surface area contributed by atoms with Crippen molar-refractivity contribution in [3.63, 3.8) is 0 Å². The number of hydrogen-bond donors (Lipinski definition) is 1. The summed E-state index contributed by atoms with van der Waals surface area (Å²) in [6.07, 6.45) is 1.24. The van der Waals surface area contributed by atoms with E-state index in [1.807, 2.05) is 42.5 Å². The Morgan fingerprint density at radius 1 is 1.19 bits per heavy atom. The summed E-state index contributed by atoms with van der Waals surface area (Å²) in [6, 6.07) is 14.5. The first kappa shape index (κ1) is 18.5. The van der Waals surface area contributed by atoms with Gasteiger partial charge in [-0.15, -0.1) is 0 Å². The molecule has 1 atom stereocenters. The number of halogens is 1. The first-order chi connectivity index (χ1) is 12.5. The van der Waals surface area contributed by atoms with Crippen LogP contribution in [0, 0.1) is 0 Å². The number of anilines is 1. The highest BCUT2D eigenvalue weighted by Crippen LogP contribution is 2.24. The van der Waals surface area contributed by atoms with Crippen molar-refractivity contribution in [2.24, 2.45) is 0 Å². The summed E-state index contributed by atoms with van der Waals surface area (Å²) in [5.74, 6) is -0.00631. The third-order valence-electron chi connectivity index (χ3n) is 4.54. The van der Waals surface area contributed by atoms with Crippen LogP contribution < -0.4 is 5.73 Å². The Balaban J connectivity index is 1.61. The van der Waals surface area contributed by atoms with Crippen LogP contribution >= 0.6 is 15.9 Å². The first-order valence-corrected chi connectivity index (χ1v) is 9.38. The molecule has 0 aliphatic carbocycles. The fourth-order valence-corrected chi connectivity index (χ4v) is 3.53. The van der Waals surface area contributed by atoms with Crippen LogP contribution in [0.3, 0.4) is 0 Å². The Morgan fingerprint density at radius 2 is 1.96 bits per heavy atom. The van der Waals surface area contributed by atoms with E-state index in [4.69, 9.17) is 10.5 Å². The van der Waals surface area contributed by atoms with E-state index in [0.717, 1.165) is 22.0 Å². The number of rotatable bonds is 5. The molecule has 2 N–H and O–H groups in total. The van der Waals surface area contributed by atoms with Crippen LogP contribution in [0.5, 0.6) is 0 Å². The van der Waals surface area contributed by atoms with Crippen LogP contribution in [0.2, 0.25) is 0 Å². The van der Waals surface area contributed by atoms with E-state index >= 15 is 0 Å². The van der Waals surface area contributed by atoms with Gasteiger partial charge < -0.3 is 10.5 Å². The fourth-order valence-electron chi connectivity index (χ4n) is 3.15. The van der Waals surface area contributed by atoms with Gasteiger partial charge in [0, 0.05) is 23.1 Å². The molecule has 0 aromatic heterocycles. The van der Waals surface area contributed by atoms with Crippen molar-refractivity contribution in [3.8, 4) is 0 Å². The van der Waals surface area contributed by atoms with Crippen LogP contribution in [0.15, 0.2) is 53.0 Å². The molecule has 1 aliphatic heterocycles. The normalized spacial score (nSPS) is 16.5. The van der Waals surface area contributed by atoms with Gasteiger partial charge in [0.15, 0.2) is 5.78 Å². The van der Waals surface area contributed by atoms with Crippen molar-refractivity contribution in [2.45, 2.75) is 31.9 Å². The van der Waals surface area contributed by atoms with Crippen LogP contribution in [0.4, 0.5) is 10.5 Å². The number of likely N-dealkylation sites (tertiary alicyclic amines) is 1. The number of amides is 1. The van der Waals surface area contributed by atoms with Gasteiger partial charge in [-0.3, -0.25) is 9.69 Å². The number of hydrogen-bond acceptors (Lipinski definition) is 4. The Bertz CT molecular complexity index is 795. The van der Waals surface area contributed by atoms with Gasteiger partial charge in [-0.1, -0.05) is 52.3 Å². The number of ether oxygens (including phenoxy) is 1. The predicted octanol–water partition coefficient (Wildman–Crippen LogP) is 3.94. The van der Waals surface area contributed by atoms with Gasteiger partial charge in [0.05, 0.1) is 6.04 Å². The molecule has 0 bridgehead atoms. The number of Topliss-reactive ketones (excluding diaryl/α,β-unsaturated/α-hetero) is 1. The Hall–Kier alpha value is -2.34. The van der Waals surface area contributed by atoms with Gasteiger partial charge in [-0.05, 0) is 36.1 Å². The van der Waals surface area contributed by atoms with Gasteiger partial charge in [-0.25, -0.2) is 4.79 Å². The maximum Gasteiger partial charge on any atom is 0.410 e. The Kier molecular flexibility index (Phi) is 5.93. The Morgan fingerprint density at radius 3 is 2.69 bits per heavy atom. The highest BCUT2D eigenvalue weighted by atomic mass is 79.9. The lowest BCUT2D eigenvalue weighted by Crippen LogP contribution is -2.41. The smallest absolute Gasteiger partial charge is 0.410 e. The number of ketones is 1. The summed E-state index contributed by atoms with van der Waals surface area (Å²) in [6.45, 7) is 0.747. The van der Waals surface area contributed by atoms with Crippen LogP contribution in [0.1, 0.15) is 24.0 Å². The monoisotopic (exact) mass is 416 g/mol. The summed E-state index contributed by atoms with van der Waals surface area (Å²) < 4.78 is 6.26. The minimum absolute atomic E-state index is 0.00631. The number of benzene rings is 2. The fraction of sp³-hybridized carbons (Fsp3) is 0.300. The molecule has 0 spiro atoms. The van der Waals surface area contributed by atoms with Gasteiger partial charge in [0.2, 0.25) is 0 Å². The zero-order valence-electron chi connectivity index (χ0n) is 14.4. The minimum atomic E-state index is -0.443. The molecule has 1 saturated heterocycles. The number of nitrogen functional groups attached to an aromatic ring is 1. The van der Waals surface area contributed by atoms with Crippen molar-refractivity contribution in [1.29, 1.82) is 0 Å². The molecule has 1 fully saturated rings. The Labute approximate surface area is 161 Å². The molecule has 0 unspecified atom stereocenters. The van der Waals surface area contributed by atoms with E-state index in [9.17, 15) is 9.59 Å². The largest absolute Gasteiger partial charge is 0.445 e. The summed E-state index contributed by atoms with van der Waals surface area (Å²) in [7, 11) is 0. The molecule has 5 nitrogen and oxygen atoms in total. The lowest BCUT2D eigenvalue weighted by molar-refractivity contribution is -0.122. The molecule has 0 saturated carbocycles. The van der Waals surface area contributed by atoms with E-state index in [1.165, 1.54) is 0 Å². The molecule has 3 rings (SSSR count). The molecule has 1 amide bonds. The van der Waals surface area contributed by atoms with Gasteiger partial charge >= 0.3 is 6.09 Å². The topological polar surface area (TPSA) is 72.6 Å². The number of nitrogens with zero attached hydrogens (tertiary/aromatic N) is 1. The minimum Gasteiger partial charge on any atom is -0.445 e. The van der Waals surface area contributed by atoms with Crippen LogP contribution in [-0.2, 0) is 22.6 Å². The van der Waals surface area contributed by atoms with Gasteiger partial charge in [-0.2, -0.15) is 0 Å². The number of carbonyl (C=O) groups excluding carboxylic acids is 2. The average molecular weight is 417 g/mol. The van der Waals surface area contributed by atoms with Crippen LogP contribution in [0.25, 0.3) is 0 Å². The molecule has 2 aromatic rings. The average Bonchev–Trinajstić information content (AvgIpc) is 3.13. The first-order valence-electron chi connectivity index (χ1n) is 8.58. The molecule has 0 radical (unpaired) electrons. The van der Waals surface area contributed by atoms with Crippen molar-refractivity contribution in [1.82, 2.24) is 4.90 Å². The van der Waals surface area contributed by atoms with Gasteiger partial charge in [0.25, 0.3) is 0 Å². The molecule has 1 aliphatic rings. The zero-order chi connectivity index (χ0) is 18.5. The number of nitrogens with two attached hydrogens (primary N) is 1. The van der Waals surface area contributed by atoms with Crippen molar-refractivity contribution >= 4 is 33.5 Å². The SMILES string of the molecule is Nc1cc(Br)ccc1CC(=O)[C@@H]1CCCN1C(=O)OCc1ccccc1. The van der Waals surface area contributed by atoms with E-state index in [2.05, 4.69) is 15.9 Å². The van der Waals surface area contributed by atoms with Gasteiger partial charge in [0.1, 0.15) is 6.61 Å². The second kappa shape index (κ2) is 8.36. The second-order valence-corrected chi connectivity index (χ2v) is 7.29. The van der Waals surface area contributed by atoms with Crippen molar-refractivity contribution in [3.05, 3.63) is 64.1 Å². The summed E-state index contributed by atoms with van der Waals surface area (Å²) in [5.41, 5.74) is 8.26. The zero-order valence-corrected chi connectivity index (χ0v) is 15.9. The third-order valence-corrected chi connectivity index (χ3v) is 5.03. The van der Waals surface area contributed by atoms with E-state index in [1.54, 1.807) is 11.0 Å². The summed E-state index contributed by atoms with van der Waals surface area (Å²) in [5, 5.41) is 0. The highest BCUT2D eigenvalue weighted by Gasteiger charge is 2.34. The number of carbonyl (C=O) groups is 2. The molecular weight excluding hydrogens is 396 g/mol. The molecule has 26 heavy (non-hydrogen) atoms. The maximum atomic E-state index is 12.7. The molecule has 6 heteroatoms. The van der Waals surface area contributed by atoms with E-state index in [0.29, 0.717) is 18.7 Å². The molecule has 136 valence electrons. The lowest BCUT2D eigenvalue weighted by atomic mass is 10.0. The predicted molar refractivity (Wildman–Crippen MR) is 104 cm³/mol. The highest BCUT2D eigenvalue weighted by molar-refractivity contribution is 9.10. The molecular formula is C20H21BrN2O3. The summed E-state index contributed by atoms with van der Waals surface area (Å²) >= 11 is 3.36. The van der Waals surface area contributed by atoms with Crippen molar-refractivity contribution in [2.75, 3.05) is 12.3 Å². The van der Waals surface area contributed by atoms with Crippen LogP contribution in [-0.4, -0.2) is 29.4 Å². The van der Waals surface area contributed by atoms with E-state index in [-0.39, 0.29) is 18.8 Å². The molecule has 2 aromatic carbocycles. The van der Waals surface area contributed by atoms with E-state index < -0.39 is 12.1 Å². The standard InChI is InChI=1S/C20H21BrN2O3/c21-16-9-8-15(17(22)12-16)11-19(24)18-7-4-10-23(18)20(25)26-13-14-5-2-1-3-6-14/h1-3,5-6,8-9,12,18H,4,7,10-11,13,22H2/t18-/m0/s1. The maximum absolute atomic E-state index is 12.7. The van der Waals surface area contributed by atoms with Crippen molar-refractivity contribution < 1.29 is 14.3 Å². The second-order valence-electron chi connectivity index (χ2n) is 6.38. The quantitative estimate of drug-likeness (QED) is 0.748.